The molecular weight excluding hydrogens is 380 g/mol. The number of anilines is 2. The highest BCUT2D eigenvalue weighted by Crippen LogP contribution is 2.18. The van der Waals surface area contributed by atoms with Gasteiger partial charge in [0.1, 0.15) is 0 Å². The predicted octanol–water partition coefficient (Wildman–Crippen LogP) is 4.07. The molecule has 30 heavy (non-hydrogen) atoms. The zero-order valence-corrected chi connectivity index (χ0v) is 16.8. The maximum atomic E-state index is 12.9. The SMILES string of the molecule is Cc1cccc(NC(=O)COC(=O)c2ccccc2C(=O)N(C)c2ccccc2)c1. The Morgan fingerprint density at radius 3 is 2.23 bits per heavy atom. The third-order valence-electron chi connectivity index (χ3n) is 4.46. The first-order chi connectivity index (χ1) is 14.5. The first-order valence-corrected chi connectivity index (χ1v) is 9.41. The molecular formula is C24H22N2O4. The number of para-hydroxylation sites is 1. The molecule has 3 rings (SSSR count). The lowest BCUT2D eigenvalue weighted by atomic mass is 10.1. The second-order valence-electron chi connectivity index (χ2n) is 6.74. The second kappa shape index (κ2) is 9.52. The average Bonchev–Trinajstić information content (AvgIpc) is 2.77. The van der Waals surface area contributed by atoms with Crippen LogP contribution < -0.4 is 10.2 Å². The van der Waals surface area contributed by atoms with Crippen LogP contribution in [0.4, 0.5) is 11.4 Å². The van der Waals surface area contributed by atoms with Gasteiger partial charge in [-0.1, -0.05) is 42.5 Å². The molecule has 6 heteroatoms. The normalized spacial score (nSPS) is 10.2. The number of nitrogens with zero attached hydrogens (tertiary/aromatic N) is 1. The van der Waals surface area contributed by atoms with Gasteiger partial charge in [0, 0.05) is 18.4 Å². The van der Waals surface area contributed by atoms with Crippen LogP contribution in [-0.4, -0.2) is 31.4 Å². The average molecular weight is 402 g/mol. The van der Waals surface area contributed by atoms with Gasteiger partial charge in [0.2, 0.25) is 0 Å². The van der Waals surface area contributed by atoms with Gasteiger partial charge in [-0.2, -0.15) is 0 Å². The Labute approximate surface area is 175 Å². The van der Waals surface area contributed by atoms with Crippen LogP contribution in [0.5, 0.6) is 0 Å². The molecule has 6 nitrogen and oxygen atoms in total. The molecule has 0 saturated carbocycles. The molecule has 0 bridgehead atoms. The molecule has 0 fully saturated rings. The van der Waals surface area contributed by atoms with E-state index in [9.17, 15) is 14.4 Å². The quantitative estimate of drug-likeness (QED) is 0.631. The third-order valence-corrected chi connectivity index (χ3v) is 4.46. The summed E-state index contributed by atoms with van der Waals surface area (Å²) in [5.74, 6) is -1.54. The van der Waals surface area contributed by atoms with E-state index in [4.69, 9.17) is 4.74 Å². The van der Waals surface area contributed by atoms with Crippen LogP contribution in [0.3, 0.4) is 0 Å². The van der Waals surface area contributed by atoms with Crippen molar-refractivity contribution in [3.05, 3.63) is 95.6 Å². The van der Waals surface area contributed by atoms with Crippen molar-refractivity contribution in [1.29, 1.82) is 0 Å². The van der Waals surface area contributed by atoms with Gasteiger partial charge in [0.15, 0.2) is 6.61 Å². The first-order valence-electron chi connectivity index (χ1n) is 9.41. The van der Waals surface area contributed by atoms with Crippen LogP contribution in [0.1, 0.15) is 26.3 Å². The number of esters is 1. The van der Waals surface area contributed by atoms with Crippen molar-refractivity contribution in [2.45, 2.75) is 6.92 Å². The molecule has 3 aromatic carbocycles. The Kier molecular flexibility index (Phi) is 6.60. The number of benzene rings is 3. The minimum Gasteiger partial charge on any atom is -0.452 e. The molecule has 0 aromatic heterocycles. The number of aryl methyl sites for hydroxylation is 1. The lowest BCUT2D eigenvalue weighted by molar-refractivity contribution is -0.119. The highest BCUT2D eigenvalue weighted by atomic mass is 16.5. The fourth-order valence-electron chi connectivity index (χ4n) is 2.93. The molecule has 152 valence electrons. The van der Waals surface area contributed by atoms with Crippen molar-refractivity contribution in [2.24, 2.45) is 0 Å². The Morgan fingerprint density at radius 1 is 0.867 bits per heavy atom. The van der Waals surface area contributed by atoms with E-state index in [-0.39, 0.29) is 17.0 Å². The zero-order chi connectivity index (χ0) is 21.5. The summed E-state index contributed by atoms with van der Waals surface area (Å²) in [6.07, 6.45) is 0. The molecule has 0 unspecified atom stereocenters. The summed E-state index contributed by atoms with van der Waals surface area (Å²) in [5.41, 5.74) is 2.63. The number of amides is 2. The van der Waals surface area contributed by atoms with E-state index in [0.29, 0.717) is 11.4 Å². The number of rotatable bonds is 6. The maximum Gasteiger partial charge on any atom is 0.339 e. The fourth-order valence-corrected chi connectivity index (χ4v) is 2.93. The zero-order valence-electron chi connectivity index (χ0n) is 16.8. The minimum atomic E-state index is -0.736. The lowest BCUT2D eigenvalue weighted by Gasteiger charge is -2.18. The minimum absolute atomic E-state index is 0.105. The highest BCUT2D eigenvalue weighted by molar-refractivity contribution is 6.12. The Bertz CT molecular complexity index is 1060. The predicted molar refractivity (Wildman–Crippen MR) is 116 cm³/mol. The fraction of sp³-hybridized carbons (Fsp3) is 0.125. The van der Waals surface area contributed by atoms with Crippen LogP contribution in [0.15, 0.2) is 78.9 Å². The van der Waals surface area contributed by atoms with E-state index in [1.165, 1.54) is 11.0 Å². The number of carbonyl (C=O) groups is 3. The van der Waals surface area contributed by atoms with Crippen molar-refractivity contribution < 1.29 is 19.1 Å². The molecule has 0 aliphatic carbocycles. The Balaban J connectivity index is 1.68. The molecule has 0 aliphatic heterocycles. The van der Waals surface area contributed by atoms with Crippen molar-refractivity contribution in [3.8, 4) is 0 Å². The molecule has 0 saturated heterocycles. The van der Waals surface area contributed by atoms with E-state index < -0.39 is 18.5 Å². The van der Waals surface area contributed by atoms with Gasteiger partial charge >= 0.3 is 5.97 Å². The third kappa shape index (κ3) is 5.11. The number of carbonyl (C=O) groups excluding carboxylic acids is 3. The van der Waals surface area contributed by atoms with Gasteiger partial charge in [-0.15, -0.1) is 0 Å². The Morgan fingerprint density at radius 2 is 1.53 bits per heavy atom. The Hall–Kier alpha value is -3.93. The summed E-state index contributed by atoms with van der Waals surface area (Å²) in [7, 11) is 1.63. The van der Waals surface area contributed by atoms with Crippen molar-refractivity contribution in [3.63, 3.8) is 0 Å². The first kappa shape index (κ1) is 20.8. The second-order valence-corrected chi connectivity index (χ2v) is 6.74. The molecule has 0 atom stereocenters. The summed E-state index contributed by atoms with van der Waals surface area (Å²) in [6, 6.07) is 22.8. The van der Waals surface area contributed by atoms with E-state index in [0.717, 1.165) is 5.56 Å². The van der Waals surface area contributed by atoms with E-state index in [2.05, 4.69) is 5.32 Å². The van der Waals surface area contributed by atoms with Crippen LogP contribution in [0.2, 0.25) is 0 Å². The van der Waals surface area contributed by atoms with Gasteiger partial charge in [-0.3, -0.25) is 9.59 Å². The molecule has 0 aliphatic rings. The van der Waals surface area contributed by atoms with Crippen molar-refractivity contribution in [2.75, 3.05) is 23.9 Å². The summed E-state index contributed by atoms with van der Waals surface area (Å²) in [5, 5.41) is 2.68. The van der Waals surface area contributed by atoms with Gasteiger partial charge in [-0.25, -0.2) is 4.79 Å². The van der Waals surface area contributed by atoms with Crippen LogP contribution in [-0.2, 0) is 9.53 Å². The van der Waals surface area contributed by atoms with Gasteiger partial charge < -0.3 is 15.0 Å². The van der Waals surface area contributed by atoms with Gasteiger partial charge in [0.25, 0.3) is 11.8 Å². The van der Waals surface area contributed by atoms with Crippen molar-refractivity contribution >= 4 is 29.2 Å². The summed E-state index contributed by atoms with van der Waals surface area (Å²) in [4.78, 5) is 39.1. The number of hydrogen-bond acceptors (Lipinski definition) is 4. The largest absolute Gasteiger partial charge is 0.452 e. The highest BCUT2D eigenvalue weighted by Gasteiger charge is 2.22. The van der Waals surface area contributed by atoms with Gasteiger partial charge in [-0.05, 0) is 48.9 Å². The molecule has 3 aromatic rings. The molecule has 1 N–H and O–H groups in total. The monoisotopic (exact) mass is 402 g/mol. The molecule has 2 amide bonds. The standard InChI is InChI=1S/C24H22N2O4/c1-17-9-8-10-18(15-17)25-22(27)16-30-24(29)21-14-7-6-13-20(21)23(28)26(2)19-11-4-3-5-12-19/h3-15H,16H2,1-2H3,(H,25,27). The van der Waals surface area contributed by atoms with Crippen LogP contribution >= 0.6 is 0 Å². The maximum absolute atomic E-state index is 12.9. The van der Waals surface area contributed by atoms with Crippen LogP contribution in [0, 0.1) is 6.92 Å². The summed E-state index contributed by atoms with van der Waals surface area (Å²) in [6.45, 7) is 1.46. The number of ether oxygens (including phenoxy) is 1. The van der Waals surface area contributed by atoms with Crippen LogP contribution in [0.25, 0.3) is 0 Å². The molecule has 0 radical (unpaired) electrons. The van der Waals surface area contributed by atoms with E-state index in [1.54, 1.807) is 43.4 Å². The molecule has 0 spiro atoms. The topological polar surface area (TPSA) is 75.7 Å². The number of hydrogen-bond donors (Lipinski definition) is 1. The summed E-state index contributed by atoms with van der Waals surface area (Å²) >= 11 is 0. The lowest BCUT2D eigenvalue weighted by Crippen LogP contribution is -2.28. The number of nitrogens with one attached hydrogen (secondary N) is 1. The summed E-state index contributed by atoms with van der Waals surface area (Å²) < 4.78 is 5.15. The van der Waals surface area contributed by atoms with Crippen molar-refractivity contribution in [1.82, 2.24) is 0 Å². The van der Waals surface area contributed by atoms with E-state index >= 15 is 0 Å². The van der Waals surface area contributed by atoms with E-state index in [1.807, 2.05) is 43.3 Å². The smallest absolute Gasteiger partial charge is 0.339 e. The molecule has 0 heterocycles. The van der Waals surface area contributed by atoms with Gasteiger partial charge in [0.05, 0.1) is 11.1 Å².